The van der Waals surface area contributed by atoms with Gasteiger partial charge < -0.3 is 5.32 Å². The highest BCUT2D eigenvalue weighted by Crippen LogP contribution is 2.30. The van der Waals surface area contributed by atoms with E-state index in [-0.39, 0.29) is 22.9 Å². The van der Waals surface area contributed by atoms with Crippen molar-refractivity contribution in [2.75, 3.05) is 6.54 Å². The van der Waals surface area contributed by atoms with E-state index in [0.29, 0.717) is 23.2 Å². The number of sulfonamides is 1. The lowest BCUT2D eigenvalue weighted by Gasteiger charge is -2.07. The first-order valence-corrected chi connectivity index (χ1v) is 12.1. The summed E-state index contributed by atoms with van der Waals surface area (Å²) in [6, 6.07) is 17.7. The number of hydrogen-bond acceptors (Lipinski definition) is 6. The number of amides is 1. The number of thiophene rings is 1. The predicted molar refractivity (Wildman–Crippen MR) is 124 cm³/mol. The first-order valence-electron chi connectivity index (χ1n) is 9.74. The molecule has 0 atom stereocenters. The average Bonchev–Trinajstić information content (AvgIpc) is 3.21. The van der Waals surface area contributed by atoms with Crippen LogP contribution in [0, 0.1) is 0 Å². The molecule has 0 spiro atoms. The van der Waals surface area contributed by atoms with Gasteiger partial charge in [0.1, 0.15) is 11.4 Å². The Kier molecular flexibility index (Phi) is 6.17. The van der Waals surface area contributed by atoms with Crippen LogP contribution < -0.4 is 16.0 Å². The Morgan fingerprint density at radius 2 is 1.81 bits per heavy atom. The normalized spacial score (nSPS) is 11.5. The van der Waals surface area contributed by atoms with Crippen molar-refractivity contribution >= 4 is 37.5 Å². The number of carbonyl (C=O) groups is 1. The standard InChI is InChI=1S/C22H20N4O4S2/c23-32(29,30)17-8-6-15(7-9-17)10-11-24-20(27)13-26-14-25-21-18(22(26)28)12-19(31-21)16-4-2-1-3-5-16/h1-9,12,14H,10-11,13H2,(H,24,27)(H2,23,29,30). The molecule has 0 aliphatic carbocycles. The van der Waals surface area contributed by atoms with Gasteiger partial charge in [-0.05, 0) is 35.7 Å². The molecular weight excluding hydrogens is 448 g/mol. The fourth-order valence-electron chi connectivity index (χ4n) is 3.22. The van der Waals surface area contributed by atoms with Gasteiger partial charge in [0, 0.05) is 11.4 Å². The Balaban J connectivity index is 1.39. The Bertz CT molecular complexity index is 1430. The molecule has 0 saturated carbocycles. The van der Waals surface area contributed by atoms with Gasteiger partial charge in [-0.3, -0.25) is 14.2 Å². The SMILES string of the molecule is NS(=O)(=O)c1ccc(CCNC(=O)Cn2cnc3sc(-c4ccccc4)cc3c2=O)cc1. The Morgan fingerprint density at radius 3 is 2.50 bits per heavy atom. The topological polar surface area (TPSA) is 124 Å². The van der Waals surface area contributed by atoms with Gasteiger partial charge >= 0.3 is 0 Å². The van der Waals surface area contributed by atoms with E-state index in [1.165, 1.54) is 34.4 Å². The number of aromatic nitrogens is 2. The molecule has 0 bridgehead atoms. The summed E-state index contributed by atoms with van der Waals surface area (Å²) in [7, 11) is -3.73. The average molecular weight is 469 g/mol. The zero-order valence-electron chi connectivity index (χ0n) is 16.9. The Morgan fingerprint density at radius 1 is 1.09 bits per heavy atom. The number of nitrogens with one attached hydrogen (secondary N) is 1. The second-order valence-electron chi connectivity index (χ2n) is 7.16. The van der Waals surface area contributed by atoms with E-state index in [9.17, 15) is 18.0 Å². The third-order valence-electron chi connectivity index (χ3n) is 4.88. The minimum Gasteiger partial charge on any atom is -0.354 e. The van der Waals surface area contributed by atoms with E-state index in [1.54, 1.807) is 12.1 Å². The lowest BCUT2D eigenvalue weighted by molar-refractivity contribution is -0.121. The van der Waals surface area contributed by atoms with Crippen LogP contribution in [-0.2, 0) is 27.8 Å². The number of hydrogen-bond donors (Lipinski definition) is 2. The fourth-order valence-corrected chi connectivity index (χ4v) is 4.73. The molecule has 2 heterocycles. The van der Waals surface area contributed by atoms with Gasteiger partial charge in [0.25, 0.3) is 5.56 Å². The van der Waals surface area contributed by atoms with Crippen LogP contribution in [0.15, 0.2) is 76.7 Å². The lowest BCUT2D eigenvalue weighted by Crippen LogP contribution is -2.33. The van der Waals surface area contributed by atoms with Crippen LogP contribution in [0.2, 0.25) is 0 Å². The number of nitrogens with two attached hydrogens (primary N) is 1. The molecule has 32 heavy (non-hydrogen) atoms. The summed E-state index contributed by atoms with van der Waals surface area (Å²) < 4.78 is 23.9. The highest BCUT2D eigenvalue weighted by atomic mass is 32.2. The summed E-state index contributed by atoms with van der Waals surface area (Å²) >= 11 is 1.44. The third kappa shape index (κ3) is 4.93. The van der Waals surface area contributed by atoms with Gasteiger partial charge in [-0.25, -0.2) is 18.5 Å². The van der Waals surface area contributed by atoms with Crippen molar-refractivity contribution in [3.63, 3.8) is 0 Å². The zero-order valence-corrected chi connectivity index (χ0v) is 18.5. The van der Waals surface area contributed by atoms with Crippen LogP contribution in [0.1, 0.15) is 5.56 Å². The molecule has 2 aromatic heterocycles. The largest absolute Gasteiger partial charge is 0.354 e. The van der Waals surface area contributed by atoms with Crippen molar-refractivity contribution in [1.29, 1.82) is 0 Å². The van der Waals surface area contributed by atoms with E-state index in [0.717, 1.165) is 16.0 Å². The van der Waals surface area contributed by atoms with Gasteiger partial charge in [-0.15, -0.1) is 11.3 Å². The number of primary sulfonamides is 1. The fraction of sp³-hybridized carbons (Fsp3) is 0.136. The first kappa shape index (κ1) is 21.9. The van der Waals surface area contributed by atoms with E-state index < -0.39 is 10.0 Å². The molecule has 10 heteroatoms. The Labute approximate surface area is 188 Å². The van der Waals surface area contributed by atoms with Gasteiger partial charge in [0.05, 0.1) is 16.6 Å². The Hall–Kier alpha value is -3.34. The van der Waals surface area contributed by atoms with Gasteiger partial charge in [0.15, 0.2) is 0 Å². The van der Waals surface area contributed by atoms with Crippen molar-refractivity contribution in [2.24, 2.45) is 5.14 Å². The first-order chi connectivity index (χ1) is 15.3. The van der Waals surface area contributed by atoms with Crippen molar-refractivity contribution in [2.45, 2.75) is 17.9 Å². The van der Waals surface area contributed by atoms with E-state index in [1.807, 2.05) is 36.4 Å². The maximum absolute atomic E-state index is 12.8. The zero-order chi connectivity index (χ0) is 22.7. The monoisotopic (exact) mass is 468 g/mol. The van der Waals surface area contributed by atoms with Crippen LogP contribution in [0.4, 0.5) is 0 Å². The number of carbonyl (C=O) groups excluding carboxylic acids is 1. The number of nitrogens with zero attached hydrogens (tertiary/aromatic N) is 2. The predicted octanol–water partition coefficient (Wildman–Crippen LogP) is 2.13. The minimum absolute atomic E-state index is 0.0383. The van der Waals surface area contributed by atoms with Crippen molar-refractivity contribution in [3.8, 4) is 10.4 Å². The summed E-state index contributed by atoms with van der Waals surface area (Å²) in [6.45, 7) is 0.206. The molecule has 0 fully saturated rings. The van der Waals surface area contributed by atoms with Gasteiger partial charge in [-0.2, -0.15) is 0 Å². The number of benzene rings is 2. The summed E-state index contributed by atoms with van der Waals surface area (Å²) in [4.78, 5) is 31.1. The van der Waals surface area contributed by atoms with E-state index >= 15 is 0 Å². The molecule has 164 valence electrons. The molecule has 0 aliphatic heterocycles. The molecule has 2 aromatic carbocycles. The third-order valence-corrected chi connectivity index (χ3v) is 6.90. The maximum Gasteiger partial charge on any atom is 0.262 e. The molecule has 4 aromatic rings. The molecule has 0 unspecified atom stereocenters. The van der Waals surface area contributed by atoms with Crippen LogP contribution in [0.5, 0.6) is 0 Å². The summed E-state index contributed by atoms with van der Waals surface area (Å²) in [5.41, 5.74) is 1.60. The summed E-state index contributed by atoms with van der Waals surface area (Å²) in [5.74, 6) is -0.312. The molecular formula is C22H20N4O4S2. The van der Waals surface area contributed by atoms with Crippen LogP contribution in [0.3, 0.4) is 0 Å². The second-order valence-corrected chi connectivity index (χ2v) is 9.75. The van der Waals surface area contributed by atoms with E-state index in [2.05, 4.69) is 10.3 Å². The second kappa shape index (κ2) is 9.03. The summed E-state index contributed by atoms with van der Waals surface area (Å²) in [5, 5.41) is 8.33. The smallest absolute Gasteiger partial charge is 0.262 e. The molecule has 0 saturated heterocycles. The molecule has 0 radical (unpaired) electrons. The quantitative estimate of drug-likeness (QED) is 0.430. The van der Waals surface area contributed by atoms with Crippen molar-refractivity contribution in [1.82, 2.24) is 14.9 Å². The number of rotatable bonds is 7. The highest BCUT2D eigenvalue weighted by molar-refractivity contribution is 7.89. The van der Waals surface area contributed by atoms with Crippen LogP contribution in [0.25, 0.3) is 20.7 Å². The van der Waals surface area contributed by atoms with Crippen LogP contribution in [-0.4, -0.2) is 30.4 Å². The molecule has 0 aliphatic rings. The number of fused-ring (bicyclic) bond motifs is 1. The highest BCUT2D eigenvalue weighted by Gasteiger charge is 2.12. The lowest BCUT2D eigenvalue weighted by atomic mass is 10.1. The van der Waals surface area contributed by atoms with Crippen molar-refractivity contribution in [3.05, 3.63) is 82.9 Å². The van der Waals surface area contributed by atoms with Gasteiger partial charge in [-0.1, -0.05) is 42.5 Å². The summed E-state index contributed by atoms with van der Waals surface area (Å²) in [6.07, 6.45) is 1.90. The maximum atomic E-state index is 12.8. The van der Waals surface area contributed by atoms with Crippen LogP contribution >= 0.6 is 11.3 Å². The minimum atomic E-state index is -3.73. The van der Waals surface area contributed by atoms with Crippen molar-refractivity contribution < 1.29 is 13.2 Å². The molecule has 8 nitrogen and oxygen atoms in total. The van der Waals surface area contributed by atoms with Gasteiger partial charge in [0.2, 0.25) is 15.9 Å². The van der Waals surface area contributed by atoms with E-state index in [4.69, 9.17) is 5.14 Å². The molecule has 3 N–H and O–H groups in total. The molecule has 1 amide bonds. The molecule has 4 rings (SSSR count).